The molecule has 1 amide bonds. The van der Waals surface area contributed by atoms with Crippen molar-refractivity contribution in [2.45, 2.75) is 69.6 Å². The third-order valence-corrected chi connectivity index (χ3v) is 13.6. The van der Waals surface area contributed by atoms with Crippen LogP contribution in [0.3, 0.4) is 0 Å². The fourth-order valence-corrected chi connectivity index (χ4v) is 10.2. The van der Waals surface area contributed by atoms with Crippen molar-refractivity contribution in [3.8, 4) is 6.07 Å². The first-order chi connectivity index (χ1) is 33.3. The molecule has 2 aromatic carbocycles. The van der Waals surface area contributed by atoms with Crippen LogP contribution in [0.25, 0.3) is 28.1 Å². The van der Waals surface area contributed by atoms with E-state index < -0.39 is 95.1 Å². The van der Waals surface area contributed by atoms with Crippen molar-refractivity contribution in [2.75, 3.05) is 25.1 Å². The van der Waals surface area contributed by atoms with Crippen LogP contribution in [-0.4, -0.2) is 108 Å². The van der Waals surface area contributed by atoms with Gasteiger partial charge < -0.3 is 33.9 Å². The number of hydrogen-bond acceptors (Lipinski definition) is 19. The quantitative estimate of drug-likeness (QED) is 0.0444. The van der Waals surface area contributed by atoms with Gasteiger partial charge in [-0.25, -0.2) is 28.9 Å². The highest BCUT2D eigenvalue weighted by Crippen LogP contribution is 2.55. The van der Waals surface area contributed by atoms with Crippen LogP contribution in [0.1, 0.15) is 48.1 Å². The van der Waals surface area contributed by atoms with E-state index in [1.165, 1.54) is 44.6 Å². The number of benzene rings is 2. The molecule has 0 bridgehead atoms. The Morgan fingerprint density at radius 3 is 2.54 bits per heavy atom. The van der Waals surface area contributed by atoms with E-state index in [1.807, 2.05) is 6.07 Å². The number of anilines is 1. The number of aryl methyl sites for hydroxylation is 2. The molecule has 9 atom stereocenters. The van der Waals surface area contributed by atoms with Crippen LogP contribution >= 0.6 is 16.1 Å². The standard InChI is InChI=1S/C41H42N12O14P2/c1-24-34(29(19-54)65-40(24)52-23-46-33-37(52)48-41-49(15-16-50(41)39(33)56)14-12-25-8-10-27(11-9-25)53(57)58)67-69(61,62-17-5-13-42)63-20-30-28(66-68(59)60)18-31(64-30)51-22-45-32-35(43-21-44-36(32)51)47-38(55)26-6-3-2-4-7-26/h2-4,6-11,15-16,21-24,28-31,34,40,54,68H,5,12,14,17-20H2,1H3,(H,59,60)(H,43,44,47,55)/t24-,28+,29-,30-,31-,34+,40-,69?/m1/s1. The molecule has 0 spiro atoms. The van der Waals surface area contributed by atoms with Crippen molar-refractivity contribution in [2.24, 2.45) is 5.92 Å². The average molecular weight is 989 g/mol. The summed E-state index contributed by atoms with van der Waals surface area (Å²) in [6, 6.07) is 16.5. The summed E-state index contributed by atoms with van der Waals surface area (Å²) in [6.45, 7) is 0.432. The van der Waals surface area contributed by atoms with Crippen LogP contribution in [0.5, 0.6) is 0 Å². The lowest BCUT2D eigenvalue weighted by Gasteiger charge is -2.27. The first kappa shape index (κ1) is 47.4. The molecule has 2 fully saturated rings. The lowest BCUT2D eigenvalue weighted by Crippen LogP contribution is -2.32. The van der Waals surface area contributed by atoms with Gasteiger partial charge in [0.1, 0.15) is 37.1 Å². The molecule has 0 saturated carbocycles. The molecule has 7 heterocycles. The molecule has 3 N–H and O–H groups in total. The maximum atomic E-state index is 14.6. The fourth-order valence-electron chi connectivity index (χ4n) is 8.24. The predicted molar refractivity (Wildman–Crippen MR) is 239 cm³/mol. The van der Waals surface area contributed by atoms with E-state index in [4.69, 9.17) is 32.6 Å². The smallest absolute Gasteiger partial charge is 0.394 e. The fraction of sp³-hybridized carbons (Fsp3) is 0.366. The number of non-ortho nitro benzene ring substituents is 1. The highest BCUT2D eigenvalue weighted by Gasteiger charge is 2.49. The number of rotatable bonds is 19. The molecule has 2 aliphatic heterocycles. The number of ether oxygens (including phenoxy) is 2. The Bertz CT molecular complexity index is 3200. The zero-order chi connectivity index (χ0) is 48.4. The van der Waals surface area contributed by atoms with E-state index in [0.717, 1.165) is 5.56 Å². The first-order valence-corrected chi connectivity index (χ1v) is 24.0. The van der Waals surface area contributed by atoms with Gasteiger partial charge in [-0.05, 0) is 24.1 Å². The van der Waals surface area contributed by atoms with Gasteiger partial charge in [-0.1, -0.05) is 37.3 Å². The van der Waals surface area contributed by atoms with Gasteiger partial charge in [-0.3, -0.25) is 47.0 Å². The third kappa shape index (κ3) is 9.83. The van der Waals surface area contributed by atoms with Gasteiger partial charge in [0.25, 0.3) is 17.2 Å². The lowest BCUT2D eigenvalue weighted by atomic mass is 10.0. The molecule has 2 unspecified atom stereocenters. The maximum absolute atomic E-state index is 14.6. The minimum atomic E-state index is -4.72. The molecule has 2 aliphatic rings. The molecule has 0 radical (unpaired) electrons. The highest BCUT2D eigenvalue weighted by molar-refractivity contribution is 7.48. The number of hydrogen-bond donors (Lipinski definition) is 3. The second-order valence-corrected chi connectivity index (χ2v) is 18.3. The molecule has 7 aromatic rings. The van der Waals surface area contributed by atoms with Crippen LogP contribution in [0.2, 0.25) is 0 Å². The number of nitriles is 1. The van der Waals surface area contributed by atoms with Crippen molar-refractivity contribution in [1.29, 1.82) is 5.26 Å². The number of imidazole rings is 3. The Hall–Kier alpha value is -6.62. The average Bonchev–Trinajstić information content (AvgIpc) is 4.19. The Morgan fingerprint density at radius 1 is 1.03 bits per heavy atom. The van der Waals surface area contributed by atoms with Crippen molar-refractivity contribution in [1.82, 2.24) is 43.0 Å². The summed E-state index contributed by atoms with van der Waals surface area (Å²) in [5.74, 6) is -0.800. The van der Waals surface area contributed by atoms with E-state index in [2.05, 4.69) is 25.3 Å². The lowest BCUT2D eigenvalue weighted by molar-refractivity contribution is -0.384. The van der Waals surface area contributed by atoms with Crippen LogP contribution in [-0.2, 0) is 49.7 Å². The summed E-state index contributed by atoms with van der Waals surface area (Å²) in [5, 5.41) is 33.7. The topological polar surface area (TPSA) is 327 Å². The molecule has 26 nitrogen and oxygen atoms in total. The van der Waals surface area contributed by atoms with E-state index in [9.17, 15) is 44.1 Å². The highest BCUT2D eigenvalue weighted by atomic mass is 31.2. The summed E-state index contributed by atoms with van der Waals surface area (Å²) in [7, 11) is -8.28. The third-order valence-electron chi connectivity index (χ3n) is 11.6. The van der Waals surface area contributed by atoms with Crippen LogP contribution in [0.15, 0.2) is 90.8 Å². The number of aliphatic hydroxyl groups excluding tert-OH is 1. The van der Waals surface area contributed by atoms with Gasteiger partial charge in [0.2, 0.25) is 5.78 Å². The molecule has 360 valence electrons. The molecule has 69 heavy (non-hydrogen) atoms. The van der Waals surface area contributed by atoms with Crippen molar-refractivity contribution in [3.63, 3.8) is 0 Å². The second-order valence-electron chi connectivity index (χ2n) is 15.9. The maximum Gasteiger partial charge on any atom is 0.475 e. The van der Waals surface area contributed by atoms with Gasteiger partial charge in [0.15, 0.2) is 28.1 Å². The molecule has 28 heteroatoms. The summed E-state index contributed by atoms with van der Waals surface area (Å²) in [5.41, 5.74) is 1.32. The van der Waals surface area contributed by atoms with E-state index in [0.29, 0.717) is 18.5 Å². The number of nitrogens with one attached hydrogen (secondary N) is 1. The Morgan fingerprint density at radius 2 is 1.80 bits per heavy atom. The van der Waals surface area contributed by atoms with E-state index >= 15 is 0 Å². The van der Waals surface area contributed by atoms with E-state index in [1.54, 1.807) is 66.3 Å². The predicted octanol–water partition coefficient (Wildman–Crippen LogP) is 4.11. The number of nitrogens with zero attached hydrogens (tertiary/aromatic N) is 11. The number of carbonyl (C=O) groups is 1. The minimum Gasteiger partial charge on any atom is -0.394 e. The summed E-state index contributed by atoms with van der Waals surface area (Å²) >= 11 is 0. The number of nitro benzene ring substituents is 1. The number of aliphatic hydroxyl groups is 1. The van der Waals surface area contributed by atoms with Gasteiger partial charge in [-0.2, -0.15) is 10.2 Å². The number of nitro groups is 1. The summed E-state index contributed by atoms with van der Waals surface area (Å²) in [4.78, 5) is 69.1. The van der Waals surface area contributed by atoms with E-state index in [-0.39, 0.29) is 52.5 Å². The first-order valence-electron chi connectivity index (χ1n) is 21.3. The number of fused-ring (bicyclic) bond motifs is 3. The second kappa shape index (κ2) is 20.2. The zero-order valence-corrected chi connectivity index (χ0v) is 38.1. The number of aromatic nitrogens is 9. The van der Waals surface area contributed by atoms with Gasteiger partial charge in [0.05, 0.1) is 56.0 Å². The molecule has 2 saturated heterocycles. The molecule has 9 rings (SSSR count). The minimum absolute atomic E-state index is 0.0127. The summed E-state index contributed by atoms with van der Waals surface area (Å²) < 4.78 is 68.1. The zero-order valence-electron chi connectivity index (χ0n) is 36.2. The molecular weight excluding hydrogens is 946 g/mol. The Balaban J connectivity index is 0.927. The van der Waals surface area contributed by atoms with Crippen molar-refractivity contribution in [3.05, 3.63) is 118 Å². The van der Waals surface area contributed by atoms with Crippen LogP contribution in [0.4, 0.5) is 11.5 Å². The van der Waals surface area contributed by atoms with Crippen LogP contribution < -0.4 is 10.9 Å². The molecule has 5 aromatic heterocycles. The summed E-state index contributed by atoms with van der Waals surface area (Å²) in [6.07, 6.45) is 0.850. The SMILES string of the molecule is C[C@@H]1[C@H](OP(=O)(OCCC#N)OC[C@H]2O[C@@H](n3cnc4c(NC(=O)c5ccccc5)ncnc43)C[C@@H]2O[PH](=O)O)[C@@H](CO)O[C@H]1n1cnc2c(=O)n3ccn(CCc4ccc([N+](=O)[O-])cc4)c3nc21. The number of amides is 1. The normalized spacial score (nSPS) is 22.8. The van der Waals surface area contributed by atoms with Gasteiger partial charge in [0, 0.05) is 49.0 Å². The van der Waals surface area contributed by atoms with Crippen molar-refractivity contribution < 1.29 is 56.4 Å². The number of phosphoric ester groups is 1. The molecule has 0 aliphatic carbocycles. The van der Waals surface area contributed by atoms with Gasteiger partial charge >= 0.3 is 16.1 Å². The molecular formula is C41H42N12O14P2. The van der Waals surface area contributed by atoms with Crippen LogP contribution in [0, 0.1) is 27.4 Å². The van der Waals surface area contributed by atoms with Crippen molar-refractivity contribution >= 4 is 61.6 Å². The van der Waals surface area contributed by atoms with Gasteiger partial charge in [-0.15, -0.1) is 0 Å². The Labute approximate surface area is 389 Å². The Kier molecular flexibility index (Phi) is 13.9. The largest absolute Gasteiger partial charge is 0.475 e. The monoisotopic (exact) mass is 988 g/mol. The number of carbonyl (C=O) groups excluding carboxylic acids is 1. The number of phosphoric acid groups is 1.